The van der Waals surface area contributed by atoms with Crippen LogP contribution in [-0.2, 0) is 15.2 Å². The zero-order chi connectivity index (χ0) is 18.9. The maximum Gasteiger partial charge on any atom is 0.312 e. The van der Waals surface area contributed by atoms with Crippen molar-refractivity contribution in [1.29, 1.82) is 0 Å². The van der Waals surface area contributed by atoms with Crippen LogP contribution >= 0.6 is 0 Å². The number of rotatable bonds is 3. The highest BCUT2D eigenvalue weighted by molar-refractivity contribution is 6.35. The fourth-order valence-electron chi connectivity index (χ4n) is 4.68. The Kier molecular flexibility index (Phi) is 5.19. The van der Waals surface area contributed by atoms with Crippen molar-refractivity contribution in [2.24, 2.45) is 0 Å². The first kappa shape index (κ1) is 18.4. The van der Waals surface area contributed by atoms with Crippen LogP contribution in [0.4, 0.5) is 0 Å². The van der Waals surface area contributed by atoms with Crippen LogP contribution in [0.25, 0.3) is 0 Å². The third-order valence-corrected chi connectivity index (χ3v) is 6.37. The van der Waals surface area contributed by atoms with Crippen LogP contribution in [-0.4, -0.2) is 87.1 Å². The molecule has 2 N–H and O–H groups in total. The minimum absolute atomic E-state index is 0.159. The molecule has 27 heavy (non-hydrogen) atoms. The summed E-state index contributed by atoms with van der Waals surface area (Å²) in [7, 11) is 0. The van der Waals surface area contributed by atoms with Gasteiger partial charge in [-0.1, -0.05) is 0 Å². The summed E-state index contributed by atoms with van der Waals surface area (Å²) in [5.41, 5.74) is -0.325. The van der Waals surface area contributed by atoms with Gasteiger partial charge in [0, 0.05) is 38.4 Å². The molecule has 8 heteroatoms. The van der Waals surface area contributed by atoms with E-state index >= 15 is 0 Å². The SMILES string of the molecule is O=C(C(=O)N1CCCC1CN1CCCC1)N1CCC(O)(c2ccn[nH]2)CC1. The largest absolute Gasteiger partial charge is 0.383 e. The summed E-state index contributed by atoms with van der Waals surface area (Å²) >= 11 is 0. The third kappa shape index (κ3) is 3.73. The van der Waals surface area contributed by atoms with E-state index in [1.807, 2.05) is 0 Å². The lowest BCUT2D eigenvalue weighted by Gasteiger charge is -2.38. The molecule has 3 saturated heterocycles. The van der Waals surface area contributed by atoms with Crippen LogP contribution in [0.2, 0.25) is 0 Å². The summed E-state index contributed by atoms with van der Waals surface area (Å²) < 4.78 is 0. The molecule has 8 nitrogen and oxygen atoms in total. The van der Waals surface area contributed by atoms with Gasteiger partial charge in [-0.2, -0.15) is 5.10 Å². The van der Waals surface area contributed by atoms with E-state index < -0.39 is 11.5 Å². The van der Waals surface area contributed by atoms with Gasteiger partial charge in [-0.15, -0.1) is 0 Å². The zero-order valence-electron chi connectivity index (χ0n) is 15.8. The predicted molar refractivity (Wildman–Crippen MR) is 98.7 cm³/mol. The van der Waals surface area contributed by atoms with E-state index in [0.29, 0.717) is 38.2 Å². The molecule has 0 saturated carbocycles. The lowest BCUT2D eigenvalue weighted by molar-refractivity contribution is -0.155. The maximum absolute atomic E-state index is 12.9. The summed E-state index contributed by atoms with van der Waals surface area (Å²) in [4.78, 5) is 31.4. The molecule has 2 amide bonds. The van der Waals surface area contributed by atoms with E-state index in [2.05, 4.69) is 15.1 Å². The summed E-state index contributed by atoms with van der Waals surface area (Å²) in [6, 6.07) is 1.92. The van der Waals surface area contributed by atoms with Gasteiger partial charge in [-0.25, -0.2) is 0 Å². The molecule has 1 aromatic heterocycles. The van der Waals surface area contributed by atoms with Gasteiger partial charge in [0.05, 0.1) is 5.69 Å². The van der Waals surface area contributed by atoms with Crippen molar-refractivity contribution in [2.75, 3.05) is 39.3 Å². The van der Waals surface area contributed by atoms with Crippen molar-refractivity contribution in [3.63, 3.8) is 0 Å². The monoisotopic (exact) mass is 375 g/mol. The van der Waals surface area contributed by atoms with Gasteiger partial charge >= 0.3 is 11.8 Å². The molecular formula is C19H29N5O3. The summed E-state index contributed by atoms with van der Waals surface area (Å²) in [6.07, 6.45) is 6.84. The summed E-state index contributed by atoms with van der Waals surface area (Å²) in [6.45, 7) is 4.53. The lowest BCUT2D eigenvalue weighted by Crippen LogP contribution is -2.53. The van der Waals surface area contributed by atoms with E-state index in [9.17, 15) is 14.7 Å². The molecular weight excluding hydrogens is 346 g/mol. The quantitative estimate of drug-likeness (QED) is 0.742. The second-order valence-corrected chi connectivity index (χ2v) is 8.10. The first-order chi connectivity index (χ1) is 13.1. The van der Waals surface area contributed by atoms with Crippen molar-refractivity contribution in [2.45, 2.75) is 50.2 Å². The summed E-state index contributed by atoms with van der Waals surface area (Å²) in [5, 5.41) is 17.5. The normalized spacial score (nSPS) is 25.9. The van der Waals surface area contributed by atoms with Crippen molar-refractivity contribution in [1.82, 2.24) is 24.9 Å². The van der Waals surface area contributed by atoms with Gasteiger partial charge in [0.1, 0.15) is 5.60 Å². The van der Waals surface area contributed by atoms with Gasteiger partial charge in [0.2, 0.25) is 0 Å². The average molecular weight is 375 g/mol. The number of likely N-dealkylation sites (tertiary alicyclic amines) is 3. The lowest BCUT2D eigenvalue weighted by atomic mass is 9.88. The Hall–Kier alpha value is -1.93. The molecule has 0 bridgehead atoms. The third-order valence-electron chi connectivity index (χ3n) is 6.37. The number of aromatic nitrogens is 2. The fraction of sp³-hybridized carbons (Fsp3) is 0.737. The number of carbonyl (C=O) groups excluding carboxylic acids is 2. The zero-order valence-corrected chi connectivity index (χ0v) is 15.8. The number of nitrogens with one attached hydrogen (secondary N) is 1. The molecule has 0 aliphatic carbocycles. The molecule has 3 fully saturated rings. The van der Waals surface area contributed by atoms with E-state index in [1.54, 1.807) is 22.1 Å². The Bertz CT molecular complexity index is 663. The molecule has 1 aromatic rings. The van der Waals surface area contributed by atoms with Crippen molar-refractivity contribution in [3.05, 3.63) is 18.0 Å². The van der Waals surface area contributed by atoms with Crippen LogP contribution in [0.1, 0.15) is 44.2 Å². The van der Waals surface area contributed by atoms with Crippen LogP contribution < -0.4 is 0 Å². The highest BCUT2D eigenvalue weighted by Crippen LogP contribution is 2.31. The second kappa shape index (κ2) is 7.59. The minimum atomic E-state index is -0.998. The average Bonchev–Trinajstić information content (AvgIpc) is 3.44. The van der Waals surface area contributed by atoms with Crippen LogP contribution in [0.15, 0.2) is 12.3 Å². The highest BCUT2D eigenvalue weighted by Gasteiger charge is 2.40. The number of nitrogens with zero attached hydrogens (tertiary/aromatic N) is 4. The maximum atomic E-state index is 12.9. The van der Waals surface area contributed by atoms with Gasteiger partial charge in [0.25, 0.3) is 0 Å². The predicted octanol–water partition coefficient (Wildman–Crippen LogP) is 0.307. The molecule has 0 radical (unpaired) electrons. The number of carbonyl (C=O) groups is 2. The molecule has 0 spiro atoms. The first-order valence-corrected chi connectivity index (χ1v) is 10.1. The number of hydrogen-bond donors (Lipinski definition) is 2. The highest BCUT2D eigenvalue weighted by atomic mass is 16.3. The Balaban J connectivity index is 1.34. The minimum Gasteiger partial charge on any atom is -0.383 e. The molecule has 148 valence electrons. The smallest absolute Gasteiger partial charge is 0.312 e. The number of piperidine rings is 1. The van der Waals surface area contributed by atoms with E-state index in [4.69, 9.17) is 0 Å². The van der Waals surface area contributed by atoms with E-state index in [1.165, 1.54) is 12.8 Å². The number of amides is 2. The van der Waals surface area contributed by atoms with Gasteiger partial charge in [-0.3, -0.25) is 14.7 Å². The molecule has 1 unspecified atom stereocenters. The number of hydrogen-bond acceptors (Lipinski definition) is 5. The van der Waals surface area contributed by atoms with E-state index in [0.717, 1.165) is 32.5 Å². The molecule has 3 aliphatic heterocycles. The molecule has 4 rings (SSSR count). The van der Waals surface area contributed by atoms with Crippen molar-refractivity contribution >= 4 is 11.8 Å². The number of aliphatic hydroxyl groups is 1. The van der Waals surface area contributed by atoms with Crippen LogP contribution in [0.5, 0.6) is 0 Å². The van der Waals surface area contributed by atoms with Crippen molar-refractivity contribution < 1.29 is 14.7 Å². The molecule has 0 aromatic carbocycles. The molecule has 4 heterocycles. The topological polar surface area (TPSA) is 92.8 Å². The van der Waals surface area contributed by atoms with Gasteiger partial charge in [-0.05, 0) is 57.7 Å². The number of aromatic amines is 1. The molecule has 1 atom stereocenters. The second-order valence-electron chi connectivity index (χ2n) is 8.10. The van der Waals surface area contributed by atoms with Crippen LogP contribution in [0, 0.1) is 0 Å². The Labute approximate surface area is 159 Å². The fourth-order valence-corrected chi connectivity index (χ4v) is 4.68. The first-order valence-electron chi connectivity index (χ1n) is 10.1. The Morgan fingerprint density at radius 3 is 2.52 bits per heavy atom. The standard InChI is InChI=1S/C19H29N5O3/c25-17(23-12-6-19(27,7-13-23)16-5-8-20-21-16)18(26)24-11-3-4-15(24)14-22-9-1-2-10-22/h5,8,15,27H,1-4,6-7,9-14H2,(H,20,21). The van der Waals surface area contributed by atoms with Crippen LogP contribution in [0.3, 0.4) is 0 Å². The van der Waals surface area contributed by atoms with E-state index in [-0.39, 0.29) is 11.9 Å². The number of H-pyrrole nitrogens is 1. The van der Waals surface area contributed by atoms with Gasteiger partial charge in [0.15, 0.2) is 0 Å². The molecule has 3 aliphatic rings. The Morgan fingerprint density at radius 2 is 1.85 bits per heavy atom. The van der Waals surface area contributed by atoms with Gasteiger partial charge < -0.3 is 19.8 Å². The Morgan fingerprint density at radius 1 is 1.11 bits per heavy atom. The van der Waals surface area contributed by atoms with Crippen molar-refractivity contribution in [3.8, 4) is 0 Å². The summed E-state index contributed by atoms with van der Waals surface area (Å²) in [5.74, 6) is -0.793.